The van der Waals surface area contributed by atoms with Gasteiger partial charge in [0.2, 0.25) is 5.91 Å². The van der Waals surface area contributed by atoms with Crippen molar-refractivity contribution in [1.82, 2.24) is 4.90 Å². The Balaban J connectivity index is 1.74. The van der Waals surface area contributed by atoms with Crippen LogP contribution in [0.4, 0.5) is 5.69 Å². The van der Waals surface area contributed by atoms with Crippen molar-refractivity contribution in [2.24, 2.45) is 0 Å². The normalized spacial score (nSPS) is 15.3. The summed E-state index contributed by atoms with van der Waals surface area (Å²) in [7, 11) is 0. The number of carbonyl (C=O) groups excluding carboxylic acids is 1. The Labute approximate surface area is 144 Å². The summed E-state index contributed by atoms with van der Waals surface area (Å²) in [6.45, 7) is 5.53. The second kappa shape index (κ2) is 7.52. The molecule has 1 N–H and O–H groups in total. The molecular weight excluding hydrogens is 296 g/mol. The zero-order valence-electron chi connectivity index (χ0n) is 14.6. The van der Waals surface area contributed by atoms with Gasteiger partial charge in [-0.2, -0.15) is 0 Å². The van der Waals surface area contributed by atoms with Crippen LogP contribution in [0.25, 0.3) is 11.1 Å². The number of likely N-dealkylation sites (tertiary alicyclic amines) is 1. The first-order valence-corrected chi connectivity index (χ1v) is 8.87. The van der Waals surface area contributed by atoms with Gasteiger partial charge in [0.15, 0.2) is 0 Å². The van der Waals surface area contributed by atoms with Crippen molar-refractivity contribution in [1.29, 1.82) is 0 Å². The van der Waals surface area contributed by atoms with Crippen LogP contribution in [0.1, 0.15) is 32.3 Å². The summed E-state index contributed by atoms with van der Waals surface area (Å²) in [5.41, 5.74) is 5.04. The molecular formula is C21H26N2O. The van der Waals surface area contributed by atoms with E-state index in [2.05, 4.69) is 60.8 Å². The molecule has 0 saturated carbocycles. The Bertz CT molecular complexity index is 685. The van der Waals surface area contributed by atoms with Crippen molar-refractivity contribution in [2.45, 2.75) is 39.2 Å². The van der Waals surface area contributed by atoms with Crippen molar-refractivity contribution in [3.63, 3.8) is 0 Å². The van der Waals surface area contributed by atoms with Gasteiger partial charge in [-0.1, -0.05) is 49.4 Å². The Kier molecular flexibility index (Phi) is 5.19. The number of rotatable bonds is 4. The molecule has 126 valence electrons. The number of hydrogen-bond acceptors (Lipinski definition) is 2. The van der Waals surface area contributed by atoms with E-state index < -0.39 is 0 Å². The smallest absolute Gasteiger partial charge is 0.219 e. The first kappa shape index (κ1) is 16.6. The van der Waals surface area contributed by atoms with E-state index in [4.69, 9.17) is 0 Å². The van der Waals surface area contributed by atoms with E-state index in [1.807, 2.05) is 4.90 Å². The number of nitrogens with one attached hydrogen (secondary N) is 1. The van der Waals surface area contributed by atoms with E-state index in [1.54, 1.807) is 6.92 Å². The second-order valence-electron chi connectivity index (χ2n) is 6.52. The van der Waals surface area contributed by atoms with Gasteiger partial charge in [-0.15, -0.1) is 0 Å². The highest BCUT2D eigenvalue weighted by molar-refractivity contribution is 5.78. The number of amides is 1. The molecule has 1 aliphatic rings. The molecule has 0 aromatic heterocycles. The number of hydrogen-bond donors (Lipinski definition) is 1. The van der Waals surface area contributed by atoms with Gasteiger partial charge in [-0.05, 0) is 36.5 Å². The van der Waals surface area contributed by atoms with Gasteiger partial charge in [-0.3, -0.25) is 4.79 Å². The number of para-hydroxylation sites is 1. The number of carbonyl (C=O) groups is 1. The Morgan fingerprint density at radius 3 is 2.38 bits per heavy atom. The van der Waals surface area contributed by atoms with Crippen LogP contribution in [0.15, 0.2) is 48.5 Å². The van der Waals surface area contributed by atoms with Gasteiger partial charge in [0.25, 0.3) is 0 Å². The third-order valence-corrected chi connectivity index (χ3v) is 4.90. The standard InChI is InChI=1S/C21H26N2O/c1-3-17-8-10-18(11-9-17)20-6-4-5-7-21(20)22-19-12-14-23(15-13-19)16(2)24/h4-11,19,22H,3,12-15H2,1-2H3. The van der Waals surface area contributed by atoms with Crippen molar-refractivity contribution in [3.8, 4) is 11.1 Å². The average molecular weight is 322 g/mol. The number of piperidine rings is 1. The van der Waals surface area contributed by atoms with Crippen LogP contribution in [0.5, 0.6) is 0 Å². The highest BCUT2D eigenvalue weighted by Gasteiger charge is 2.21. The monoisotopic (exact) mass is 322 g/mol. The van der Waals surface area contributed by atoms with E-state index in [0.29, 0.717) is 6.04 Å². The van der Waals surface area contributed by atoms with Gasteiger partial charge >= 0.3 is 0 Å². The fourth-order valence-corrected chi connectivity index (χ4v) is 3.34. The largest absolute Gasteiger partial charge is 0.382 e. The maximum atomic E-state index is 11.5. The van der Waals surface area contributed by atoms with Crippen LogP contribution in [0.2, 0.25) is 0 Å². The molecule has 0 unspecified atom stereocenters. The highest BCUT2D eigenvalue weighted by Crippen LogP contribution is 2.29. The molecule has 0 atom stereocenters. The molecule has 0 bridgehead atoms. The molecule has 3 nitrogen and oxygen atoms in total. The summed E-state index contributed by atoms with van der Waals surface area (Å²) in [5, 5.41) is 3.70. The Morgan fingerprint density at radius 2 is 1.75 bits per heavy atom. The number of anilines is 1. The molecule has 0 aliphatic carbocycles. The van der Waals surface area contributed by atoms with Crippen molar-refractivity contribution in [2.75, 3.05) is 18.4 Å². The van der Waals surface area contributed by atoms with Gasteiger partial charge in [-0.25, -0.2) is 0 Å². The van der Waals surface area contributed by atoms with E-state index in [-0.39, 0.29) is 5.91 Å². The molecule has 0 radical (unpaired) electrons. The maximum Gasteiger partial charge on any atom is 0.219 e. The lowest BCUT2D eigenvalue weighted by molar-refractivity contribution is -0.129. The first-order chi connectivity index (χ1) is 11.7. The quantitative estimate of drug-likeness (QED) is 0.908. The number of benzene rings is 2. The molecule has 1 amide bonds. The predicted octanol–water partition coefficient (Wildman–Crippen LogP) is 4.34. The molecule has 0 spiro atoms. The lowest BCUT2D eigenvalue weighted by atomic mass is 9.99. The first-order valence-electron chi connectivity index (χ1n) is 8.87. The predicted molar refractivity (Wildman–Crippen MR) is 100 cm³/mol. The van der Waals surface area contributed by atoms with Gasteiger partial charge in [0.1, 0.15) is 0 Å². The molecule has 1 fully saturated rings. The minimum atomic E-state index is 0.185. The Hall–Kier alpha value is -2.29. The SMILES string of the molecule is CCc1ccc(-c2ccccc2NC2CCN(C(C)=O)CC2)cc1. The van der Waals surface area contributed by atoms with E-state index in [9.17, 15) is 4.79 Å². The summed E-state index contributed by atoms with van der Waals surface area (Å²) in [6.07, 6.45) is 3.07. The molecule has 1 heterocycles. The number of aryl methyl sites for hydroxylation is 1. The Morgan fingerprint density at radius 1 is 1.08 bits per heavy atom. The van der Waals surface area contributed by atoms with Crippen LogP contribution in [0.3, 0.4) is 0 Å². The molecule has 3 heteroatoms. The van der Waals surface area contributed by atoms with Gasteiger partial charge in [0, 0.05) is 37.3 Å². The zero-order chi connectivity index (χ0) is 16.9. The molecule has 1 aliphatic heterocycles. The molecule has 24 heavy (non-hydrogen) atoms. The molecule has 3 rings (SSSR count). The molecule has 2 aromatic carbocycles. The summed E-state index contributed by atoms with van der Waals surface area (Å²) in [5.74, 6) is 0.185. The summed E-state index contributed by atoms with van der Waals surface area (Å²) < 4.78 is 0. The number of nitrogens with zero attached hydrogens (tertiary/aromatic N) is 1. The van der Waals surface area contributed by atoms with Crippen molar-refractivity contribution in [3.05, 3.63) is 54.1 Å². The highest BCUT2D eigenvalue weighted by atomic mass is 16.2. The van der Waals surface area contributed by atoms with Crippen molar-refractivity contribution < 1.29 is 4.79 Å². The van der Waals surface area contributed by atoms with Crippen LogP contribution in [-0.4, -0.2) is 29.9 Å². The topological polar surface area (TPSA) is 32.3 Å². The van der Waals surface area contributed by atoms with E-state index >= 15 is 0 Å². The van der Waals surface area contributed by atoms with Crippen molar-refractivity contribution >= 4 is 11.6 Å². The minimum Gasteiger partial charge on any atom is -0.382 e. The minimum absolute atomic E-state index is 0.185. The summed E-state index contributed by atoms with van der Waals surface area (Å²) >= 11 is 0. The molecule has 1 saturated heterocycles. The zero-order valence-corrected chi connectivity index (χ0v) is 14.6. The fourth-order valence-electron chi connectivity index (χ4n) is 3.34. The fraction of sp³-hybridized carbons (Fsp3) is 0.381. The van der Waals surface area contributed by atoms with Crippen LogP contribution in [0, 0.1) is 0 Å². The van der Waals surface area contributed by atoms with Crippen LogP contribution >= 0.6 is 0 Å². The summed E-state index contributed by atoms with van der Waals surface area (Å²) in [4.78, 5) is 13.4. The van der Waals surface area contributed by atoms with Crippen LogP contribution < -0.4 is 5.32 Å². The third-order valence-electron chi connectivity index (χ3n) is 4.90. The van der Waals surface area contributed by atoms with Gasteiger partial charge < -0.3 is 10.2 Å². The van der Waals surface area contributed by atoms with Gasteiger partial charge in [0.05, 0.1) is 0 Å². The molecule has 2 aromatic rings. The second-order valence-corrected chi connectivity index (χ2v) is 6.52. The average Bonchev–Trinajstić information content (AvgIpc) is 2.63. The third kappa shape index (κ3) is 3.78. The van der Waals surface area contributed by atoms with E-state index in [1.165, 1.54) is 22.4 Å². The lowest BCUT2D eigenvalue weighted by Crippen LogP contribution is -2.41. The van der Waals surface area contributed by atoms with E-state index in [0.717, 1.165) is 32.4 Å². The summed E-state index contributed by atoms with van der Waals surface area (Å²) in [6, 6.07) is 17.7. The van der Waals surface area contributed by atoms with Crippen LogP contribution in [-0.2, 0) is 11.2 Å². The lowest BCUT2D eigenvalue weighted by Gasteiger charge is -2.32. The maximum absolute atomic E-state index is 11.5.